The van der Waals surface area contributed by atoms with Crippen molar-refractivity contribution in [2.45, 2.75) is 13.5 Å². The molecular weight excluding hydrogens is 236 g/mol. The van der Waals surface area contributed by atoms with Gasteiger partial charge in [-0.1, -0.05) is 18.2 Å². The Labute approximate surface area is 116 Å². The molecular formula is C16H24N2O. The molecule has 0 N–H and O–H groups in total. The van der Waals surface area contributed by atoms with E-state index >= 15 is 0 Å². The minimum Gasteiger partial charge on any atom is -0.496 e. The van der Waals surface area contributed by atoms with Gasteiger partial charge in [0, 0.05) is 39.3 Å². The van der Waals surface area contributed by atoms with Crippen molar-refractivity contribution in [3.8, 4) is 5.75 Å². The van der Waals surface area contributed by atoms with E-state index in [2.05, 4.69) is 41.5 Å². The van der Waals surface area contributed by atoms with E-state index in [9.17, 15) is 0 Å². The SMILES string of the molecule is C=CCN1CCN(Cc2ccc(C)c(OC)c2)CC1. The smallest absolute Gasteiger partial charge is 0.122 e. The van der Waals surface area contributed by atoms with E-state index in [1.807, 2.05) is 6.08 Å². The predicted molar refractivity (Wildman–Crippen MR) is 79.6 cm³/mol. The molecule has 0 aliphatic carbocycles. The largest absolute Gasteiger partial charge is 0.496 e. The molecule has 3 heteroatoms. The van der Waals surface area contributed by atoms with Gasteiger partial charge in [0.1, 0.15) is 5.75 Å². The summed E-state index contributed by atoms with van der Waals surface area (Å²) in [5.41, 5.74) is 2.53. The molecule has 0 unspecified atom stereocenters. The van der Waals surface area contributed by atoms with Gasteiger partial charge in [-0.25, -0.2) is 0 Å². The van der Waals surface area contributed by atoms with Crippen LogP contribution in [0.2, 0.25) is 0 Å². The number of piperazine rings is 1. The summed E-state index contributed by atoms with van der Waals surface area (Å²) in [6.45, 7) is 12.4. The van der Waals surface area contributed by atoms with Crippen LogP contribution >= 0.6 is 0 Å². The highest BCUT2D eigenvalue weighted by molar-refractivity contribution is 5.36. The van der Waals surface area contributed by atoms with Crippen LogP contribution < -0.4 is 4.74 Å². The lowest BCUT2D eigenvalue weighted by Gasteiger charge is -2.34. The van der Waals surface area contributed by atoms with Crippen molar-refractivity contribution >= 4 is 0 Å². The van der Waals surface area contributed by atoms with E-state index in [0.29, 0.717) is 0 Å². The van der Waals surface area contributed by atoms with Gasteiger partial charge < -0.3 is 4.74 Å². The Morgan fingerprint density at radius 3 is 2.53 bits per heavy atom. The molecule has 1 heterocycles. The fourth-order valence-electron chi connectivity index (χ4n) is 2.53. The lowest BCUT2D eigenvalue weighted by atomic mass is 10.1. The van der Waals surface area contributed by atoms with Gasteiger partial charge >= 0.3 is 0 Å². The van der Waals surface area contributed by atoms with Crippen molar-refractivity contribution < 1.29 is 4.74 Å². The van der Waals surface area contributed by atoms with Crippen molar-refractivity contribution in [2.75, 3.05) is 39.8 Å². The molecule has 1 fully saturated rings. The van der Waals surface area contributed by atoms with Crippen molar-refractivity contribution in [1.82, 2.24) is 9.80 Å². The summed E-state index contributed by atoms with van der Waals surface area (Å²) >= 11 is 0. The normalized spacial score (nSPS) is 17.4. The van der Waals surface area contributed by atoms with Gasteiger partial charge in [-0.05, 0) is 24.1 Å². The number of aryl methyl sites for hydroxylation is 1. The second kappa shape index (κ2) is 6.73. The molecule has 1 aliphatic rings. The van der Waals surface area contributed by atoms with E-state index in [-0.39, 0.29) is 0 Å². The van der Waals surface area contributed by atoms with E-state index in [1.54, 1.807) is 7.11 Å². The number of hydrogen-bond acceptors (Lipinski definition) is 3. The molecule has 0 radical (unpaired) electrons. The van der Waals surface area contributed by atoms with Crippen LogP contribution in [0, 0.1) is 6.92 Å². The molecule has 3 nitrogen and oxygen atoms in total. The van der Waals surface area contributed by atoms with E-state index < -0.39 is 0 Å². The van der Waals surface area contributed by atoms with Crippen LogP contribution in [0.5, 0.6) is 5.75 Å². The maximum absolute atomic E-state index is 5.39. The molecule has 1 aromatic carbocycles. The first-order chi connectivity index (χ1) is 9.22. The second-order valence-corrected chi connectivity index (χ2v) is 5.17. The zero-order chi connectivity index (χ0) is 13.7. The highest BCUT2D eigenvalue weighted by Gasteiger charge is 2.16. The minimum atomic E-state index is 0.989. The number of ether oxygens (including phenoxy) is 1. The highest BCUT2D eigenvalue weighted by atomic mass is 16.5. The van der Waals surface area contributed by atoms with Crippen molar-refractivity contribution in [1.29, 1.82) is 0 Å². The van der Waals surface area contributed by atoms with Gasteiger partial charge in [-0.2, -0.15) is 0 Å². The Bertz CT molecular complexity index is 423. The minimum absolute atomic E-state index is 0.989. The molecule has 0 atom stereocenters. The maximum atomic E-state index is 5.39. The molecule has 0 amide bonds. The fourth-order valence-corrected chi connectivity index (χ4v) is 2.53. The average molecular weight is 260 g/mol. The Morgan fingerprint density at radius 2 is 1.89 bits per heavy atom. The van der Waals surface area contributed by atoms with Crippen molar-refractivity contribution in [3.63, 3.8) is 0 Å². The molecule has 1 saturated heterocycles. The average Bonchev–Trinajstić information content (AvgIpc) is 2.43. The number of hydrogen-bond donors (Lipinski definition) is 0. The van der Waals surface area contributed by atoms with Gasteiger partial charge in [0.05, 0.1) is 7.11 Å². The Balaban J connectivity index is 1.90. The van der Waals surface area contributed by atoms with Crippen LogP contribution in [-0.4, -0.2) is 49.6 Å². The van der Waals surface area contributed by atoms with Crippen LogP contribution in [-0.2, 0) is 6.54 Å². The van der Waals surface area contributed by atoms with E-state index in [0.717, 1.165) is 45.0 Å². The molecule has 1 aromatic rings. The number of methoxy groups -OCH3 is 1. The Kier molecular flexibility index (Phi) is 5.00. The topological polar surface area (TPSA) is 15.7 Å². The first kappa shape index (κ1) is 14.1. The quantitative estimate of drug-likeness (QED) is 0.756. The fraction of sp³-hybridized carbons (Fsp3) is 0.500. The summed E-state index contributed by atoms with van der Waals surface area (Å²) in [7, 11) is 1.74. The van der Waals surface area contributed by atoms with E-state index in [4.69, 9.17) is 4.74 Å². The Morgan fingerprint density at radius 1 is 1.21 bits per heavy atom. The van der Waals surface area contributed by atoms with Crippen LogP contribution in [0.3, 0.4) is 0 Å². The second-order valence-electron chi connectivity index (χ2n) is 5.17. The Hall–Kier alpha value is -1.32. The summed E-state index contributed by atoms with van der Waals surface area (Å²) in [6.07, 6.45) is 1.99. The summed E-state index contributed by atoms with van der Waals surface area (Å²) in [6, 6.07) is 6.50. The van der Waals surface area contributed by atoms with Crippen LogP contribution in [0.15, 0.2) is 30.9 Å². The van der Waals surface area contributed by atoms with Crippen molar-refractivity contribution in [2.24, 2.45) is 0 Å². The van der Waals surface area contributed by atoms with Crippen LogP contribution in [0.4, 0.5) is 0 Å². The predicted octanol–water partition coefficient (Wildman–Crippen LogP) is 2.31. The molecule has 0 aromatic heterocycles. The molecule has 0 spiro atoms. The lowest BCUT2D eigenvalue weighted by Crippen LogP contribution is -2.45. The third-order valence-corrected chi connectivity index (χ3v) is 3.73. The molecule has 0 bridgehead atoms. The summed E-state index contributed by atoms with van der Waals surface area (Å²) in [5.74, 6) is 0.989. The number of benzene rings is 1. The van der Waals surface area contributed by atoms with Crippen LogP contribution in [0.1, 0.15) is 11.1 Å². The van der Waals surface area contributed by atoms with Gasteiger partial charge in [0.25, 0.3) is 0 Å². The summed E-state index contributed by atoms with van der Waals surface area (Å²) < 4.78 is 5.39. The molecule has 1 aliphatic heterocycles. The summed E-state index contributed by atoms with van der Waals surface area (Å²) in [4.78, 5) is 4.95. The van der Waals surface area contributed by atoms with Gasteiger partial charge in [-0.15, -0.1) is 6.58 Å². The van der Waals surface area contributed by atoms with E-state index in [1.165, 1.54) is 11.1 Å². The van der Waals surface area contributed by atoms with Crippen molar-refractivity contribution in [3.05, 3.63) is 42.0 Å². The lowest BCUT2D eigenvalue weighted by molar-refractivity contribution is 0.137. The number of rotatable bonds is 5. The standard InChI is InChI=1S/C16H24N2O/c1-4-7-17-8-10-18(11-9-17)13-15-6-5-14(2)16(12-15)19-3/h4-6,12H,1,7-11,13H2,2-3H3. The van der Waals surface area contributed by atoms with Gasteiger partial charge in [-0.3, -0.25) is 9.80 Å². The maximum Gasteiger partial charge on any atom is 0.122 e. The number of nitrogens with zero attached hydrogens (tertiary/aromatic N) is 2. The third-order valence-electron chi connectivity index (χ3n) is 3.73. The van der Waals surface area contributed by atoms with Gasteiger partial charge in [0.2, 0.25) is 0 Å². The zero-order valence-corrected chi connectivity index (χ0v) is 12.1. The monoisotopic (exact) mass is 260 g/mol. The summed E-state index contributed by atoms with van der Waals surface area (Å²) in [5, 5.41) is 0. The zero-order valence-electron chi connectivity index (χ0n) is 12.1. The molecule has 0 saturated carbocycles. The molecule has 2 rings (SSSR count). The van der Waals surface area contributed by atoms with Crippen LogP contribution in [0.25, 0.3) is 0 Å². The first-order valence-corrected chi connectivity index (χ1v) is 6.92. The third kappa shape index (κ3) is 3.82. The molecule has 19 heavy (non-hydrogen) atoms. The molecule has 104 valence electrons. The first-order valence-electron chi connectivity index (χ1n) is 6.92. The highest BCUT2D eigenvalue weighted by Crippen LogP contribution is 2.20. The van der Waals surface area contributed by atoms with Gasteiger partial charge in [0.15, 0.2) is 0 Å².